The number of hydrogen-bond donors (Lipinski definition) is 2. The number of nitrogen functional groups attached to an aromatic ring is 1. The van der Waals surface area contributed by atoms with Gasteiger partial charge < -0.3 is 11.1 Å². The minimum Gasteiger partial charge on any atom is -0.399 e. The molecule has 0 spiro atoms. The zero-order valence-corrected chi connectivity index (χ0v) is 12.1. The van der Waals surface area contributed by atoms with Crippen molar-refractivity contribution in [1.29, 1.82) is 0 Å². The topological polar surface area (TPSA) is 55.1 Å². The van der Waals surface area contributed by atoms with Crippen molar-refractivity contribution < 1.29 is 4.79 Å². The molecule has 1 atom stereocenters. The van der Waals surface area contributed by atoms with E-state index in [1.54, 1.807) is 24.3 Å². The lowest BCUT2D eigenvalue weighted by Gasteiger charge is -2.16. The van der Waals surface area contributed by atoms with Crippen LogP contribution in [0.5, 0.6) is 0 Å². The summed E-state index contributed by atoms with van der Waals surface area (Å²) in [5, 5.41) is 2.96. The Hall–Kier alpha value is -1.81. The molecule has 0 heterocycles. The second kappa shape index (κ2) is 5.89. The SMILES string of the molecule is CC(NC(=O)c1ccc(N)cc1)c1ccccc1Br. The van der Waals surface area contributed by atoms with E-state index in [1.165, 1.54) is 0 Å². The zero-order valence-electron chi connectivity index (χ0n) is 10.6. The van der Waals surface area contributed by atoms with E-state index in [0.29, 0.717) is 11.3 Å². The van der Waals surface area contributed by atoms with Crippen molar-refractivity contribution >= 4 is 27.5 Å². The molecule has 98 valence electrons. The number of halogens is 1. The Morgan fingerprint density at radius 2 is 1.79 bits per heavy atom. The molecular formula is C15H15BrN2O. The summed E-state index contributed by atoms with van der Waals surface area (Å²) in [5.41, 5.74) is 7.90. The van der Waals surface area contributed by atoms with Crippen LogP contribution in [0.2, 0.25) is 0 Å². The molecule has 0 fully saturated rings. The molecule has 0 aliphatic rings. The summed E-state index contributed by atoms with van der Waals surface area (Å²) in [5.74, 6) is -0.108. The number of hydrogen-bond acceptors (Lipinski definition) is 2. The van der Waals surface area contributed by atoms with Crippen LogP contribution in [0, 0.1) is 0 Å². The number of amides is 1. The highest BCUT2D eigenvalue weighted by Gasteiger charge is 2.13. The van der Waals surface area contributed by atoms with Gasteiger partial charge in [0.05, 0.1) is 6.04 Å². The smallest absolute Gasteiger partial charge is 0.251 e. The molecule has 0 aromatic heterocycles. The maximum absolute atomic E-state index is 12.1. The highest BCUT2D eigenvalue weighted by atomic mass is 79.9. The van der Waals surface area contributed by atoms with Crippen LogP contribution in [0.3, 0.4) is 0 Å². The number of nitrogens with one attached hydrogen (secondary N) is 1. The van der Waals surface area contributed by atoms with Crippen molar-refractivity contribution in [2.75, 3.05) is 5.73 Å². The number of carbonyl (C=O) groups excluding carboxylic acids is 1. The molecule has 1 unspecified atom stereocenters. The van der Waals surface area contributed by atoms with Crippen LogP contribution >= 0.6 is 15.9 Å². The summed E-state index contributed by atoms with van der Waals surface area (Å²) >= 11 is 3.48. The number of rotatable bonds is 3. The molecule has 0 aliphatic heterocycles. The summed E-state index contributed by atoms with van der Waals surface area (Å²) in [4.78, 5) is 12.1. The number of nitrogens with two attached hydrogens (primary N) is 1. The minimum absolute atomic E-state index is 0.0689. The summed E-state index contributed by atoms with van der Waals surface area (Å²) in [6, 6.07) is 14.7. The van der Waals surface area contributed by atoms with Gasteiger partial charge in [0, 0.05) is 15.7 Å². The van der Waals surface area contributed by atoms with Gasteiger partial charge in [0.25, 0.3) is 5.91 Å². The van der Waals surface area contributed by atoms with E-state index < -0.39 is 0 Å². The van der Waals surface area contributed by atoms with Gasteiger partial charge in [-0.3, -0.25) is 4.79 Å². The fourth-order valence-corrected chi connectivity index (χ4v) is 2.45. The van der Waals surface area contributed by atoms with E-state index in [1.807, 2.05) is 31.2 Å². The van der Waals surface area contributed by atoms with Crippen LogP contribution in [0.1, 0.15) is 28.9 Å². The minimum atomic E-state index is -0.108. The van der Waals surface area contributed by atoms with Crippen LogP contribution in [0.4, 0.5) is 5.69 Å². The summed E-state index contributed by atoms with van der Waals surface area (Å²) in [6.45, 7) is 1.95. The van der Waals surface area contributed by atoms with Crippen LogP contribution in [-0.2, 0) is 0 Å². The first-order valence-corrected chi connectivity index (χ1v) is 6.78. The molecule has 4 heteroatoms. The summed E-state index contributed by atoms with van der Waals surface area (Å²) < 4.78 is 0.986. The Kier molecular flexibility index (Phi) is 4.22. The van der Waals surface area contributed by atoms with Gasteiger partial charge in [0.2, 0.25) is 0 Å². The quantitative estimate of drug-likeness (QED) is 0.851. The Morgan fingerprint density at radius 3 is 2.42 bits per heavy atom. The predicted molar refractivity (Wildman–Crippen MR) is 80.9 cm³/mol. The molecule has 0 aliphatic carbocycles. The van der Waals surface area contributed by atoms with E-state index in [-0.39, 0.29) is 11.9 Å². The highest BCUT2D eigenvalue weighted by molar-refractivity contribution is 9.10. The highest BCUT2D eigenvalue weighted by Crippen LogP contribution is 2.23. The molecule has 0 bridgehead atoms. The van der Waals surface area contributed by atoms with Crippen molar-refractivity contribution in [3.8, 4) is 0 Å². The van der Waals surface area contributed by atoms with Gasteiger partial charge in [0.1, 0.15) is 0 Å². The maximum atomic E-state index is 12.1. The first kappa shape index (κ1) is 13.6. The van der Waals surface area contributed by atoms with E-state index >= 15 is 0 Å². The van der Waals surface area contributed by atoms with Crippen molar-refractivity contribution in [3.05, 3.63) is 64.1 Å². The average Bonchev–Trinajstić information content (AvgIpc) is 2.39. The van der Waals surface area contributed by atoms with Crippen LogP contribution in [0.25, 0.3) is 0 Å². The molecular weight excluding hydrogens is 304 g/mol. The predicted octanol–water partition coefficient (Wildman–Crippen LogP) is 3.52. The van der Waals surface area contributed by atoms with Gasteiger partial charge in [-0.1, -0.05) is 34.1 Å². The Bertz CT molecular complexity index is 581. The first-order valence-electron chi connectivity index (χ1n) is 5.99. The summed E-state index contributed by atoms with van der Waals surface area (Å²) in [6.07, 6.45) is 0. The van der Waals surface area contributed by atoms with Gasteiger partial charge in [0.15, 0.2) is 0 Å². The van der Waals surface area contributed by atoms with Gasteiger partial charge in [-0.15, -0.1) is 0 Å². The maximum Gasteiger partial charge on any atom is 0.251 e. The van der Waals surface area contributed by atoms with Crippen molar-refractivity contribution in [3.63, 3.8) is 0 Å². The van der Waals surface area contributed by atoms with E-state index in [0.717, 1.165) is 10.0 Å². The molecule has 2 aromatic carbocycles. The van der Waals surface area contributed by atoms with Gasteiger partial charge in [-0.05, 0) is 42.8 Å². The molecule has 0 saturated heterocycles. The van der Waals surface area contributed by atoms with Crippen molar-refractivity contribution in [1.82, 2.24) is 5.32 Å². The van der Waals surface area contributed by atoms with Crippen LogP contribution < -0.4 is 11.1 Å². The van der Waals surface area contributed by atoms with E-state index in [2.05, 4.69) is 21.2 Å². The average molecular weight is 319 g/mol. The zero-order chi connectivity index (χ0) is 13.8. The second-order valence-corrected chi connectivity index (χ2v) is 5.19. The lowest BCUT2D eigenvalue weighted by molar-refractivity contribution is 0.0940. The molecule has 3 N–H and O–H groups in total. The third-order valence-electron chi connectivity index (χ3n) is 2.89. The van der Waals surface area contributed by atoms with Gasteiger partial charge in [-0.25, -0.2) is 0 Å². The number of anilines is 1. The van der Waals surface area contributed by atoms with E-state index in [9.17, 15) is 4.79 Å². The molecule has 0 saturated carbocycles. The lowest BCUT2D eigenvalue weighted by atomic mass is 10.1. The Morgan fingerprint density at radius 1 is 1.16 bits per heavy atom. The Labute approximate surface area is 121 Å². The van der Waals surface area contributed by atoms with Crippen molar-refractivity contribution in [2.45, 2.75) is 13.0 Å². The molecule has 2 rings (SSSR count). The third-order valence-corrected chi connectivity index (χ3v) is 3.61. The van der Waals surface area contributed by atoms with Crippen LogP contribution in [-0.4, -0.2) is 5.91 Å². The standard InChI is InChI=1S/C15H15BrN2O/c1-10(13-4-2-3-5-14(13)16)18-15(19)11-6-8-12(17)9-7-11/h2-10H,17H2,1H3,(H,18,19). The van der Waals surface area contributed by atoms with E-state index in [4.69, 9.17) is 5.73 Å². The number of benzene rings is 2. The monoisotopic (exact) mass is 318 g/mol. The molecule has 2 aromatic rings. The molecule has 19 heavy (non-hydrogen) atoms. The molecule has 0 radical (unpaired) electrons. The number of carbonyl (C=O) groups is 1. The normalized spacial score (nSPS) is 11.9. The Balaban J connectivity index is 2.11. The molecule has 3 nitrogen and oxygen atoms in total. The second-order valence-electron chi connectivity index (χ2n) is 4.34. The largest absolute Gasteiger partial charge is 0.399 e. The molecule has 1 amide bonds. The first-order chi connectivity index (χ1) is 9.08. The van der Waals surface area contributed by atoms with Gasteiger partial charge in [-0.2, -0.15) is 0 Å². The summed E-state index contributed by atoms with van der Waals surface area (Å²) in [7, 11) is 0. The fraction of sp³-hybridized carbons (Fsp3) is 0.133. The van der Waals surface area contributed by atoms with Crippen LogP contribution in [0.15, 0.2) is 53.0 Å². The fourth-order valence-electron chi connectivity index (χ4n) is 1.82. The van der Waals surface area contributed by atoms with Crippen molar-refractivity contribution in [2.24, 2.45) is 0 Å². The van der Waals surface area contributed by atoms with Gasteiger partial charge >= 0.3 is 0 Å². The third kappa shape index (κ3) is 3.35. The lowest BCUT2D eigenvalue weighted by Crippen LogP contribution is -2.26.